The van der Waals surface area contributed by atoms with Gasteiger partial charge in [-0.05, 0) is 71.7 Å². The first-order valence-corrected chi connectivity index (χ1v) is 14.6. The Bertz CT molecular complexity index is 1600. The number of fused-ring (bicyclic) bond motifs is 1. The second-order valence-corrected chi connectivity index (χ2v) is 11.0. The molecule has 2 aliphatic heterocycles. The van der Waals surface area contributed by atoms with Gasteiger partial charge in [0.15, 0.2) is 0 Å². The van der Waals surface area contributed by atoms with Crippen LogP contribution >= 0.6 is 0 Å². The molecule has 0 aliphatic carbocycles. The predicted molar refractivity (Wildman–Crippen MR) is 168 cm³/mol. The number of phenolic OH excluding ortho intramolecular Hbond substituents is 2. The Kier molecular flexibility index (Phi) is 9.82. The molecule has 6 rings (SSSR count). The van der Waals surface area contributed by atoms with E-state index in [0.717, 1.165) is 58.8 Å². The predicted octanol–water partition coefficient (Wildman–Crippen LogP) is 6.76. The van der Waals surface area contributed by atoms with E-state index in [-0.39, 0.29) is 36.6 Å². The van der Waals surface area contributed by atoms with Gasteiger partial charge in [-0.15, -0.1) is 0 Å². The van der Waals surface area contributed by atoms with E-state index < -0.39 is 5.97 Å². The zero-order valence-electron chi connectivity index (χ0n) is 24.5. The minimum Gasteiger partial charge on any atom is -0.508 e. The van der Waals surface area contributed by atoms with Crippen LogP contribution in [0, 0.1) is 5.92 Å². The Labute approximate surface area is 256 Å². The van der Waals surface area contributed by atoms with Gasteiger partial charge in [0.2, 0.25) is 0 Å². The quantitative estimate of drug-likeness (QED) is 0.196. The summed E-state index contributed by atoms with van der Waals surface area (Å²) in [6, 6.07) is 29.2. The highest BCUT2D eigenvalue weighted by molar-refractivity contribution is 5.95. The standard InChI is InChI=1S/C28H28FNO4.C8H8O2/c1-18-25-14-23(32)7-10-26(25)34-28(27(18)21-3-2-4-22(31)13-21)20-5-8-24(9-6-20)33-12-11-30-16-19(15-29)17-30;9-8(10)6-7-4-2-1-3-5-7/h2-10,13-14,19,28,31-32H,11-12,15-17H2,1H3;1-5H,6H2,(H,9,10). The molecule has 1 fully saturated rings. The molecule has 0 aromatic heterocycles. The topological polar surface area (TPSA) is 99.5 Å². The fourth-order valence-electron chi connectivity index (χ4n) is 5.48. The first-order valence-electron chi connectivity index (χ1n) is 14.6. The van der Waals surface area contributed by atoms with E-state index in [1.807, 2.05) is 61.5 Å². The van der Waals surface area contributed by atoms with Gasteiger partial charge in [-0.1, -0.05) is 54.6 Å². The molecule has 4 aromatic carbocycles. The highest BCUT2D eigenvalue weighted by atomic mass is 19.1. The Morgan fingerprint density at radius 1 is 0.932 bits per heavy atom. The first kappa shape index (κ1) is 30.6. The van der Waals surface area contributed by atoms with Gasteiger partial charge in [0, 0.05) is 36.7 Å². The fraction of sp³-hybridized carbons (Fsp3) is 0.250. The summed E-state index contributed by atoms with van der Waals surface area (Å²) in [5.74, 6) is 1.22. The molecule has 0 bridgehead atoms. The molecule has 1 saturated heterocycles. The summed E-state index contributed by atoms with van der Waals surface area (Å²) in [6.07, 6.45) is -0.271. The van der Waals surface area contributed by atoms with Crippen LogP contribution in [0.3, 0.4) is 0 Å². The SMILES string of the molecule is CC1=C(c2cccc(O)c2)C(c2ccc(OCCN3CC(CF)C3)cc2)Oc2ccc(O)cc21.O=C(O)Cc1ccccc1. The van der Waals surface area contributed by atoms with E-state index in [1.54, 1.807) is 42.5 Å². The van der Waals surface area contributed by atoms with Gasteiger partial charge in [0.05, 0.1) is 13.1 Å². The number of benzene rings is 4. The summed E-state index contributed by atoms with van der Waals surface area (Å²) in [5, 5.41) is 28.5. The van der Waals surface area contributed by atoms with Crippen molar-refractivity contribution < 1.29 is 34.0 Å². The van der Waals surface area contributed by atoms with Crippen LogP contribution in [0.4, 0.5) is 4.39 Å². The van der Waals surface area contributed by atoms with Crippen LogP contribution in [-0.2, 0) is 11.2 Å². The van der Waals surface area contributed by atoms with Gasteiger partial charge in [0.1, 0.15) is 35.7 Å². The van der Waals surface area contributed by atoms with Gasteiger partial charge in [-0.25, -0.2) is 0 Å². The smallest absolute Gasteiger partial charge is 0.307 e. The van der Waals surface area contributed by atoms with Crippen molar-refractivity contribution >= 4 is 17.1 Å². The molecule has 2 aliphatic rings. The second kappa shape index (κ2) is 14.1. The molecule has 1 atom stereocenters. The van der Waals surface area contributed by atoms with Gasteiger partial charge in [-0.2, -0.15) is 0 Å². The molecule has 0 saturated carbocycles. The van der Waals surface area contributed by atoms with Gasteiger partial charge in [0.25, 0.3) is 0 Å². The molecular formula is C36H36FNO6. The minimum atomic E-state index is -0.786. The average molecular weight is 598 g/mol. The molecule has 1 unspecified atom stereocenters. The van der Waals surface area contributed by atoms with Crippen molar-refractivity contribution in [2.24, 2.45) is 5.92 Å². The lowest BCUT2D eigenvalue weighted by molar-refractivity contribution is -0.136. The molecular weight excluding hydrogens is 561 g/mol. The molecule has 3 N–H and O–H groups in total. The number of hydrogen-bond donors (Lipinski definition) is 3. The summed E-state index contributed by atoms with van der Waals surface area (Å²) in [5.41, 5.74) is 5.40. The van der Waals surface area contributed by atoms with Crippen molar-refractivity contribution in [1.82, 2.24) is 4.90 Å². The molecule has 0 amide bonds. The summed E-state index contributed by atoms with van der Waals surface area (Å²) in [6.45, 7) is 4.72. The highest BCUT2D eigenvalue weighted by Crippen LogP contribution is 2.47. The van der Waals surface area contributed by atoms with Gasteiger partial charge in [-0.3, -0.25) is 14.1 Å². The molecule has 4 aromatic rings. The minimum absolute atomic E-state index is 0.112. The van der Waals surface area contributed by atoms with E-state index in [0.29, 0.717) is 12.4 Å². The average Bonchev–Trinajstić information content (AvgIpc) is 2.99. The fourth-order valence-corrected chi connectivity index (χ4v) is 5.48. The summed E-state index contributed by atoms with van der Waals surface area (Å²) < 4.78 is 24.9. The molecule has 8 heteroatoms. The number of aliphatic carboxylic acids is 1. The molecule has 0 radical (unpaired) electrons. The van der Waals surface area contributed by atoms with Crippen LogP contribution in [0.1, 0.15) is 35.3 Å². The van der Waals surface area contributed by atoms with Crippen LogP contribution in [-0.4, -0.2) is 59.1 Å². The largest absolute Gasteiger partial charge is 0.508 e. The lowest BCUT2D eigenvalue weighted by Crippen LogP contribution is -2.49. The van der Waals surface area contributed by atoms with E-state index in [4.69, 9.17) is 14.6 Å². The van der Waals surface area contributed by atoms with E-state index in [2.05, 4.69) is 4.90 Å². The number of aromatic hydroxyl groups is 2. The second-order valence-electron chi connectivity index (χ2n) is 11.0. The van der Waals surface area contributed by atoms with Gasteiger partial charge < -0.3 is 24.8 Å². The lowest BCUT2D eigenvalue weighted by atomic mass is 9.86. The van der Waals surface area contributed by atoms with E-state index in [9.17, 15) is 19.4 Å². The summed E-state index contributed by atoms with van der Waals surface area (Å²) in [4.78, 5) is 12.4. The van der Waals surface area contributed by atoms with Crippen molar-refractivity contribution in [2.45, 2.75) is 19.4 Å². The monoisotopic (exact) mass is 597 g/mol. The third-order valence-corrected chi connectivity index (χ3v) is 7.74. The van der Waals surface area contributed by atoms with Crippen molar-refractivity contribution in [3.8, 4) is 23.0 Å². The van der Waals surface area contributed by atoms with Crippen LogP contribution in [0.15, 0.2) is 97.1 Å². The third-order valence-electron chi connectivity index (χ3n) is 7.74. The lowest BCUT2D eigenvalue weighted by Gasteiger charge is -2.37. The van der Waals surface area contributed by atoms with E-state index in [1.165, 1.54) is 0 Å². The number of alkyl halides is 1. The molecule has 44 heavy (non-hydrogen) atoms. The van der Waals surface area contributed by atoms with E-state index >= 15 is 0 Å². The molecule has 228 valence electrons. The number of carboxylic acids is 1. The number of ether oxygens (including phenoxy) is 2. The molecule has 7 nitrogen and oxygen atoms in total. The number of carbonyl (C=O) groups is 1. The number of carboxylic acid groups (broad SMARTS) is 1. The maximum Gasteiger partial charge on any atom is 0.307 e. The third kappa shape index (κ3) is 7.57. The molecule has 2 heterocycles. The van der Waals surface area contributed by atoms with Gasteiger partial charge >= 0.3 is 5.97 Å². The Morgan fingerprint density at radius 2 is 1.66 bits per heavy atom. The van der Waals surface area contributed by atoms with Crippen LogP contribution in [0.25, 0.3) is 11.1 Å². The maximum atomic E-state index is 12.6. The van der Waals surface area contributed by atoms with Crippen molar-refractivity contribution in [2.75, 3.05) is 32.9 Å². The summed E-state index contributed by atoms with van der Waals surface area (Å²) in [7, 11) is 0. The van der Waals surface area contributed by atoms with Crippen LogP contribution in [0.5, 0.6) is 23.0 Å². The number of rotatable bonds is 9. The number of phenols is 2. The Hall–Kier alpha value is -4.82. The highest BCUT2D eigenvalue weighted by Gasteiger charge is 2.30. The van der Waals surface area contributed by atoms with Crippen molar-refractivity contribution in [3.05, 3.63) is 119 Å². The number of likely N-dealkylation sites (tertiary alicyclic amines) is 1. The number of allylic oxidation sites excluding steroid dienone is 1. The Morgan fingerprint density at radius 3 is 2.34 bits per heavy atom. The zero-order chi connectivity index (χ0) is 31.1. The molecule has 0 spiro atoms. The maximum absolute atomic E-state index is 12.6. The first-order chi connectivity index (χ1) is 21.3. The van der Waals surface area contributed by atoms with Crippen LogP contribution in [0.2, 0.25) is 0 Å². The van der Waals surface area contributed by atoms with Crippen molar-refractivity contribution in [1.29, 1.82) is 0 Å². The van der Waals surface area contributed by atoms with Crippen molar-refractivity contribution in [3.63, 3.8) is 0 Å². The normalized spacial score (nSPS) is 16.2. The Balaban J connectivity index is 0.000000328. The number of halogens is 1. The summed E-state index contributed by atoms with van der Waals surface area (Å²) >= 11 is 0. The number of nitrogens with zero attached hydrogens (tertiary/aromatic N) is 1. The number of hydrogen-bond acceptors (Lipinski definition) is 6. The van der Waals surface area contributed by atoms with Crippen LogP contribution < -0.4 is 9.47 Å². The zero-order valence-corrected chi connectivity index (χ0v) is 24.5.